The minimum atomic E-state index is -0.537. The Balaban J connectivity index is 2.28. The van der Waals surface area contributed by atoms with Gasteiger partial charge in [0.1, 0.15) is 3.70 Å². The average Bonchev–Trinajstić information content (AvgIpc) is 2.51. The van der Waals surface area contributed by atoms with Crippen molar-refractivity contribution in [2.45, 2.75) is 31.3 Å². The zero-order chi connectivity index (χ0) is 9.47. The van der Waals surface area contributed by atoms with Gasteiger partial charge in [0, 0.05) is 22.6 Å². The van der Waals surface area contributed by atoms with Crippen molar-refractivity contribution >= 4 is 51.1 Å². The molecule has 0 aromatic heterocycles. The first-order chi connectivity index (χ1) is 6.14. The largest absolute Gasteiger partial charge is 0.469 e. The van der Waals surface area contributed by atoms with Crippen molar-refractivity contribution in [1.29, 1.82) is 0 Å². The molecule has 1 spiro atoms. The van der Waals surface area contributed by atoms with Crippen LogP contribution in [-0.2, 0) is 9.53 Å². The molecule has 0 saturated heterocycles. The van der Waals surface area contributed by atoms with Gasteiger partial charge in [0.2, 0.25) is 0 Å². The molecule has 1 N–H and O–H groups in total. The van der Waals surface area contributed by atoms with Gasteiger partial charge in [-0.25, -0.2) is 0 Å². The molecule has 0 aromatic rings. The number of nitrogens with one attached hydrogen (secondary N) is 1. The van der Waals surface area contributed by atoms with Crippen LogP contribution in [-0.4, -0.2) is 11.5 Å². The van der Waals surface area contributed by atoms with Crippen LogP contribution in [0, 0.1) is 0 Å². The second kappa shape index (κ2) is 3.56. The van der Waals surface area contributed by atoms with E-state index in [9.17, 15) is 4.79 Å². The predicted octanol–water partition coefficient (Wildman–Crippen LogP) is 2.44. The molecule has 1 heterocycles. The van der Waals surface area contributed by atoms with Gasteiger partial charge in [-0.05, 0) is 48.3 Å². The molecule has 0 unspecified atom stereocenters. The summed E-state index contributed by atoms with van der Waals surface area (Å²) in [4.78, 5) is 11.7. The van der Waals surface area contributed by atoms with E-state index >= 15 is 0 Å². The first kappa shape index (κ1) is 10.0. The zero-order valence-electron chi connectivity index (χ0n) is 6.90. The molecule has 0 radical (unpaired) electrons. The van der Waals surface area contributed by atoms with E-state index in [4.69, 9.17) is 4.74 Å². The summed E-state index contributed by atoms with van der Waals surface area (Å²) in [6, 6.07) is 0. The number of amides is 1. The second-order valence-corrected chi connectivity index (χ2v) is 5.40. The molecule has 1 amide bonds. The van der Waals surface area contributed by atoms with Crippen LogP contribution in [0.1, 0.15) is 25.7 Å². The highest BCUT2D eigenvalue weighted by Crippen LogP contribution is 2.40. The molecule has 0 atom stereocenters. The fourth-order valence-electron chi connectivity index (χ4n) is 1.80. The Morgan fingerprint density at radius 2 is 1.92 bits per heavy atom. The Labute approximate surface area is 104 Å². The standard InChI is InChI=1S/C8H9I2NO2/c9-5-6(10)13-8(7(12)11-5)3-1-2-4-8/h1-4H2,(H,11,12). The Hall–Kier alpha value is 0.470. The topological polar surface area (TPSA) is 38.3 Å². The Bertz CT molecular complexity index is 282. The third-order valence-electron chi connectivity index (χ3n) is 2.51. The van der Waals surface area contributed by atoms with Crippen LogP contribution in [0.3, 0.4) is 0 Å². The molecular weight excluding hydrogens is 396 g/mol. The minimum Gasteiger partial charge on any atom is -0.469 e. The van der Waals surface area contributed by atoms with Crippen molar-refractivity contribution in [3.63, 3.8) is 0 Å². The lowest BCUT2D eigenvalue weighted by Crippen LogP contribution is -2.48. The molecule has 13 heavy (non-hydrogen) atoms. The molecule has 2 aliphatic rings. The Kier molecular flexibility index (Phi) is 2.74. The third-order valence-corrected chi connectivity index (χ3v) is 5.06. The van der Waals surface area contributed by atoms with Gasteiger partial charge in [0.25, 0.3) is 5.91 Å². The van der Waals surface area contributed by atoms with Crippen molar-refractivity contribution < 1.29 is 9.53 Å². The van der Waals surface area contributed by atoms with Crippen LogP contribution in [0.4, 0.5) is 0 Å². The molecule has 1 aliphatic heterocycles. The maximum atomic E-state index is 11.7. The highest BCUT2D eigenvalue weighted by Gasteiger charge is 2.46. The zero-order valence-corrected chi connectivity index (χ0v) is 11.2. The maximum Gasteiger partial charge on any atom is 0.269 e. The van der Waals surface area contributed by atoms with E-state index in [1.165, 1.54) is 0 Å². The van der Waals surface area contributed by atoms with Gasteiger partial charge in [-0.15, -0.1) is 0 Å². The fraction of sp³-hybridized carbons (Fsp3) is 0.625. The molecule has 3 nitrogen and oxygen atoms in total. The van der Waals surface area contributed by atoms with Crippen molar-refractivity contribution in [3.05, 3.63) is 7.47 Å². The number of halogens is 2. The van der Waals surface area contributed by atoms with E-state index in [0.717, 1.165) is 33.2 Å². The highest BCUT2D eigenvalue weighted by atomic mass is 127. The third kappa shape index (κ3) is 1.69. The predicted molar refractivity (Wildman–Crippen MR) is 65.5 cm³/mol. The molecule has 5 heteroatoms. The van der Waals surface area contributed by atoms with Crippen LogP contribution in [0.2, 0.25) is 0 Å². The van der Waals surface area contributed by atoms with Gasteiger partial charge in [0.05, 0.1) is 0 Å². The summed E-state index contributed by atoms with van der Waals surface area (Å²) in [5.74, 6) is 0.0369. The average molecular weight is 405 g/mol. The van der Waals surface area contributed by atoms with E-state index in [1.807, 2.05) is 0 Å². The Morgan fingerprint density at radius 3 is 2.54 bits per heavy atom. The van der Waals surface area contributed by atoms with Gasteiger partial charge >= 0.3 is 0 Å². The summed E-state index contributed by atoms with van der Waals surface area (Å²) in [5, 5.41) is 2.86. The molecule has 1 saturated carbocycles. The van der Waals surface area contributed by atoms with E-state index in [-0.39, 0.29) is 5.91 Å². The van der Waals surface area contributed by atoms with Crippen LogP contribution >= 0.6 is 45.2 Å². The van der Waals surface area contributed by atoms with Gasteiger partial charge in [0.15, 0.2) is 9.37 Å². The van der Waals surface area contributed by atoms with Crippen molar-refractivity contribution in [3.8, 4) is 0 Å². The summed E-state index contributed by atoms with van der Waals surface area (Å²) in [6.07, 6.45) is 3.90. The summed E-state index contributed by atoms with van der Waals surface area (Å²) >= 11 is 4.21. The smallest absolute Gasteiger partial charge is 0.269 e. The fourth-order valence-corrected chi connectivity index (χ4v) is 2.71. The first-order valence-corrected chi connectivity index (χ1v) is 6.35. The maximum absolute atomic E-state index is 11.7. The summed E-state index contributed by atoms with van der Waals surface area (Å²) < 4.78 is 7.33. The van der Waals surface area contributed by atoms with Crippen LogP contribution in [0.25, 0.3) is 0 Å². The Morgan fingerprint density at radius 1 is 1.31 bits per heavy atom. The van der Waals surface area contributed by atoms with E-state index < -0.39 is 5.60 Å². The molecule has 0 bridgehead atoms. The number of carbonyl (C=O) groups is 1. The van der Waals surface area contributed by atoms with Crippen molar-refractivity contribution in [1.82, 2.24) is 5.32 Å². The second-order valence-electron chi connectivity index (χ2n) is 3.35. The lowest BCUT2D eigenvalue weighted by Gasteiger charge is -2.32. The number of ether oxygens (including phenoxy) is 1. The molecular formula is C8H9I2NO2. The van der Waals surface area contributed by atoms with E-state index in [2.05, 4.69) is 50.5 Å². The molecule has 72 valence electrons. The number of carbonyl (C=O) groups excluding carboxylic acids is 1. The number of hydrogen-bond donors (Lipinski definition) is 1. The van der Waals surface area contributed by atoms with Crippen molar-refractivity contribution in [2.75, 3.05) is 0 Å². The van der Waals surface area contributed by atoms with E-state index in [1.54, 1.807) is 0 Å². The minimum absolute atomic E-state index is 0.0369. The SMILES string of the molecule is O=C1NC(I)=C(I)OC12CCCC2. The monoisotopic (exact) mass is 405 g/mol. The lowest BCUT2D eigenvalue weighted by atomic mass is 10.0. The van der Waals surface area contributed by atoms with Crippen molar-refractivity contribution in [2.24, 2.45) is 0 Å². The van der Waals surface area contributed by atoms with Gasteiger partial charge in [-0.2, -0.15) is 0 Å². The summed E-state index contributed by atoms with van der Waals surface area (Å²) in [6.45, 7) is 0. The molecule has 1 fully saturated rings. The molecule has 1 aliphatic carbocycles. The van der Waals surface area contributed by atoms with Gasteiger partial charge in [-0.3, -0.25) is 4.79 Å². The van der Waals surface area contributed by atoms with E-state index in [0.29, 0.717) is 0 Å². The highest BCUT2D eigenvalue weighted by molar-refractivity contribution is 14.1. The molecule has 2 rings (SSSR count). The first-order valence-electron chi connectivity index (χ1n) is 4.20. The lowest BCUT2D eigenvalue weighted by molar-refractivity contribution is -0.141. The van der Waals surface area contributed by atoms with Gasteiger partial charge in [-0.1, -0.05) is 0 Å². The normalized spacial score (nSPS) is 26.2. The van der Waals surface area contributed by atoms with Gasteiger partial charge < -0.3 is 10.1 Å². The summed E-state index contributed by atoms with van der Waals surface area (Å²) in [7, 11) is 0. The quantitative estimate of drug-likeness (QED) is 0.497. The summed E-state index contributed by atoms with van der Waals surface area (Å²) in [5.41, 5.74) is -0.537. The van der Waals surface area contributed by atoms with Crippen LogP contribution in [0.15, 0.2) is 7.47 Å². The van der Waals surface area contributed by atoms with Crippen LogP contribution in [0.5, 0.6) is 0 Å². The molecule has 0 aromatic carbocycles. The number of rotatable bonds is 0. The number of hydrogen-bond acceptors (Lipinski definition) is 2. The van der Waals surface area contributed by atoms with Crippen LogP contribution < -0.4 is 5.32 Å².